The Labute approximate surface area is 99.2 Å². The number of hydrazone groups is 1. The molecule has 0 bridgehead atoms. The van der Waals surface area contributed by atoms with E-state index >= 15 is 0 Å². The van der Waals surface area contributed by atoms with Gasteiger partial charge in [-0.2, -0.15) is 5.10 Å². The average molecular weight is 227 g/mol. The lowest BCUT2D eigenvalue weighted by atomic mass is 10.2. The fraction of sp³-hybridized carbons (Fsp3) is 0. The quantitative estimate of drug-likeness (QED) is 0.320. The molecule has 0 unspecified atom stereocenters. The van der Waals surface area contributed by atoms with E-state index in [0.29, 0.717) is 11.4 Å². The molecule has 0 aliphatic rings. The first-order valence-electron chi connectivity index (χ1n) is 5.12. The Bertz CT molecular complexity index is 521. The Morgan fingerprint density at radius 2 is 1.88 bits per heavy atom. The number of pyridine rings is 1. The van der Waals surface area contributed by atoms with Gasteiger partial charge in [-0.05, 0) is 24.3 Å². The first kappa shape index (κ1) is 10.9. The van der Waals surface area contributed by atoms with Crippen LogP contribution in [0.25, 0.3) is 0 Å². The van der Waals surface area contributed by atoms with Gasteiger partial charge in [0.25, 0.3) is 0 Å². The zero-order valence-electron chi connectivity index (χ0n) is 9.17. The molecule has 1 aromatic heterocycles. The Balaban J connectivity index is 2.33. The number of hydrogen-bond acceptors (Lipinski definition) is 4. The number of rotatable bonds is 3. The van der Waals surface area contributed by atoms with E-state index < -0.39 is 0 Å². The van der Waals surface area contributed by atoms with E-state index in [2.05, 4.69) is 15.4 Å². The molecule has 0 atom stereocenters. The summed E-state index contributed by atoms with van der Waals surface area (Å²) in [5.74, 6) is 6.05. The largest absolute Gasteiger partial charge is 0.382 e. The zero-order chi connectivity index (χ0) is 12.1. The highest BCUT2D eigenvalue weighted by Crippen LogP contribution is 2.17. The van der Waals surface area contributed by atoms with Gasteiger partial charge in [0, 0.05) is 11.9 Å². The van der Waals surface area contributed by atoms with Crippen molar-refractivity contribution in [3.05, 3.63) is 54.2 Å². The van der Waals surface area contributed by atoms with Crippen LogP contribution in [-0.2, 0) is 0 Å². The SMILES string of the molecule is N/N=C(\N)c1cccnc1Nc1ccccc1. The van der Waals surface area contributed by atoms with E-state index in [-0.39, 0.29) is 5.84 Å². The molecule has 2 aromatic rings. The number of amidine groups is 1. The summed E-state index contributed by atoms with van der Waals surface area (Å²) < 4.78 is 0. The van der Waals surface area contributed by atoms with Crippen molar-refractivity contribution < 1.29 is 0 Å². The molecule has 0 saturated carbocycles. The molecule has 0 fully saturated rings. The third-order valence-electron chi connectivity index (χ3n) is 2.26. The van der Waals surface area contributed by atoms with E-state index in [9.17, 15) is 0 Å². The number of nitrogens with zero attached hydrogens (tertiary/aromatic N) is 2. The highest BCUT2D eigenvalue weighted by Gasteiger charge is 2.06. The Hall–Kier alpha value is -2.56. The molecule has 5 N–H and O–H groups in total. The zero-order valence-corrected chi connectivity index (χ0v) is 9.17. The molecular formula is C12H13N5. The van der Waals surface area contributed by atoms with Crippen molar-refractivity contribution in [3.8, 4) is 0 Å². The molecule has 0 saturated heterocycles. The molecule has 0 radical (unpaired) electrons. The van der Waals surface area contributed by atoms with Crippen molar-refractivity contribution in [1.82, 2.24) is 4.98 Å². The first-order valence-corrected chi connectivity index (χ1v) is 5.12. The van der Waals surface area contributed by atoms with Crippen molar-refractivity contribution in [1.29, 1.82) is 0 Å². The number of benzene rings is 1. The van der Waals surface area contributed by atoms with Crippen LogP contribution < -0.4 is 16.9 Å². The van der Waals surface area contributed by atoms with Crippen LogP contribution in [0, 0.1) is 0 Å². The number of nitrogens with one attached hydrogen (secondary N) is 1. The Morgan fingerprint density at radius 3 is 2.59 bits per heavy atom. The van der Waals surface area contributed by atoms with E-state index in [1.54, 1.807) is 12.3 Å². The Morgan fingerprint density at radius 1 is 1.12 bits per heavy atom. The molecule has 86 valence electrons. The summed E-state index contributed by atoms with van der Waals surface area (Å²) in [5.41, 5.74) is 7.30. The van der Waals surface area contributed by atoms with E-state index in [4.69, 9.17) is 11.6 Å². The van der Waals surface area contributed by atoms with Crippen LogP contribution in [0.2, 0.25) is 0 Å². The fourth-order valence-corrected chi connectivity index (χ4v) is 1.44. The van der Waals surface area contributed by atoms with Crippen LogP contribution in [0.4, 0.5) is 11.5 Å². The maximum atomic E-state index is 5.69. The molecule has 0 aliphatic carbocycles. The van der Waals surface area contributed by atoms with Gasteiger partial charge in [-0.1, -0.05) is 18.2 Å². The molecular weight excluding hydrogens is 214 g/mol. The van der Waals surface area contributed by atoms with Gasteiger partial charge in [0.1, 0.15) is 5.82 Å². The smallest absolute Gasteiger partial charge is 0.154 e. The second-order valence-electron chi connectivity index (χ2n) is 3.40. The maximum Gasteiger partial charge on any atom is 0.154 e. The maximum absolute atomic E-state index is 5.69. The van der Waals surface area contributed by atoms with Gasteiger partial charge in [0.15, 0.2) is 5.84 Å². The predicted octanol–water partition coefficient (Wildman–Crippen LogP) is 1.40. The van der Waals surface area contributed by atoms with E-state index in [1.165, 1.54) is 0 Å². The molecule has 1 heterocycles. The molecule has 0 aliphatic heterocycles. The van der Waals surface area contributed by atoms with Crippen molar-refractivity contribution >= 4 is 17.3 Å². The third-order valence-corrected chi connectivity index (χ3v) is 2.26. The van der Waals surface area contributed by atoms with Crippen LogP contribution in [0.5, 0.6) is 0 Å². The molecule has 5 heteroatoms. The summed E-state index contributed by atoms with van der Waals surface area (Å²) in [6, 6.07) is 13.3. The molecule has 1 aromatic carbocycles. The fourth-order valence-electron chi connectivity index (χ4n) is 1.44. The predicted molar refractivity (Wildman–Crippen MR) is 68.9 cm³/mol. The summed E-state index contributed by atoms with van der Waals surface area (Å²) in [5, 5.41) is 6.64. The average Bonchev–Trinajstić information content (AvgIpc) is 2.40. The second-order valence-corrected chi connectivity index (χ2v) is 3.40. The molecule has 0 amide bonds. The van der Waals surface area contributed by atoms with Crippen molar-refractivity contribution in [2.24, 2.45) is 16.7 Å². The molecule has 2 rings (SSSR count). The summed E-state index contributed by atoms with van der Waals surface area (Å²) >= 11 is 0. The summed E-state index contributed by atoms with van der Waals surface area (Å²) in [4.78, 5) is 4.22. The minimum absolute atomic E-state index is 0.247. The third kappa shape index (κ3) is 2.52. The monoisotopic (exact) mass is 227 g/mol. The number of para-hydroxylation sites is 1. The Kier molecular flexibility index (Phi) is 3.20. The lowest BCUT2D eigenvalue weighted by molar-refractivity contribution is 1.21. The van der Waals surface area contributed by atoms with Crippen molar-refractivity contribution in [2.75, 3.05) is 5.32 Å². The highest BCUT2D eigenvalue weighted by molar-refractivity contribution is 6.01. The molecule has 17 heavy (non-hydrogen) atoms. The highest BCUT2D eigenvalue weighted by atomic mass is 15.2. The summed E-state index contributed by atoms with van der Waals surface area (Å²) in [6.45, 7) is 0. The van der Waals surface area contributed by atoms with Gasteiger partial charge in [-0.3, -0.25) is 0 Å². The van der Waals surface area contributed by atoms with Gasteiger partial charge in [-0.25, -0.2) is 4.98 Å². The van der Waals surface area contributed by atoms with Crippen molar-refractivity contribution in [2.45, 2.75) is 0 Å². The van der Waals surface area contributed by atoms with Gasteiger partial charge in [0.05, 0.1) is 5.56 Å². The summed E-state index contributed by atoms with van der Waals surface area (Å²) in [6.07, 6.45) is 1.68. The number of anilines is 2. The van der Waals surface area contributed by atoms with Crippen molar-refractivity contribution in [3.63, 3.8) is 0 Å². The molecule has 0 spiro atoms. The normalized spacial score (nSPS) is 11.2. The number of nitrogens with two attached hydrogens (primary N) is 2. The van der Waals surface area contributed by atoms with Gasteiger partial charge >= 0.3 is 0 Å². The number of aromatic nitrogens is 1. The minimum atomic E-state index is 0.247. The van der Waals surface area contributed by atoms with Crippen LogP contribution in [0.3, 0.4) is 0 Å². The van der Waals surface area contributed by atoms with Gasteiger partial charge < -0.3 is 16.9 Å². The topological polar surface area (TPSA) is 89.3 Å². The summed E-state index contributed by atoms with van der Waals surface area (Å²) in [7, 11) is 0. The van der Waals surface area contributed by atoms with Gasteiger partial charge in [-0.15, -0.1) is 0 Å². The van der Waals surface area contributed by atoms with Crippen LogP contribution in [-0.4, -0.2) is 10.8 Å². The van der Waals surface area contributed by atoms with Crippen LogP contribution in [0.15, 0.2) is 53.8 Å². The van der Waals surface area contributed by atoms with E-state index in [0.717, 1.165) is 5.69 Å². The lowest BCUT2D eigenvalue weighted by Gasteiger charge is -2.09. The number of hydrogen-bond donors (Lipinski definition) is 3. The van der Waals surface area contributed by atoms with E-state index in [1.807, 2.05) is 36.4 Å². The minimum Gasteiger partial charge on any atom is -0.382 e. The first-order chi connectivity index (χ1) is 8.31. The van der Waals surface area contributed by atoms with Crippen LogP contribution in [0.1, 0.15) is 5.56 Å². The molecule has 5 nitrogen and oxygen atoms in total. The van der Waals surface area contributed by atoms with Crippen LogP contribution >= 0.6 is 0 Å². The second kappa shape index (κ2) is 4.98. The standard InChI is InChI=1S/C12H13N5/c13-11(17-14)10-7-4-8-15-12(10)16-9-5-2-1-3-6-9/h1-8H,14H2,(H2,13,17)(H,15,16). The van der Waals surface area contributed by atoms with Gasteiger partial charge in [0.2, 0.25) is 0 Å². The lowest BCUT2D eigenvalue weighted by Crippen LogP contribution is -2.17.